The summed E-state index contributed by atoms with van der Waals surface area (Å²) in [5.41, 5.74) is 4.49. The molecule has 2 aliphatic heterocycles. The lowest BCUT2D eigenvalue weighted by atomic mass is 9.74. The van der Waals surface area contributed by atoms with Crippen LogP contribution in [0.2, 0.25) is 0 Å². The normalized spacial score (nSPS) is 15.5. The zero-order valence-electron chi connectivity index (χ0n) is 58.4. The van der Waals surface area contributed by atoms with E-state index in [0.29, 0.717) is 28.8 Å². The van der Waals surface area contributed by atoms with E-state index in [1.807, 2.05) is 88.1 Å². The molecular formula is C74H105N9O3S3. The highest BCUT2D eigenvalue weighted by molar-refractivity contribution is 7.12. The summed E-state index contributed by atoms with van der Waals surface area (Å²) in [5.74, 6) is 15.0. The number of hydrogen-bond acceptors (Lipinski definition) is 11. The Labute approximate surface area is 550 Å². The maximum atomic E-state index is 11.3. The largest absolute Gasteiger partial charge is 0.339 e. The Morgan fingerprint density at radius 3 is 1.57 bits per heavy atom. The van der Waals surface area contributed by atoms with Gasteiger partial charge in [-0.1, -0.05) is 123 Å². The van der Waals surface area contributed by atoms with Crippen LogP contribution in [0.3, 0.4) is 0 Å². The number of terminal acetylenes is 5. The fourth-order valence-corrected chi connectivity index (χ4v) is 10.6. The van der Waals surface area contributed by atoms with E-state index in [4.69, 9.17) is 32.1 Å². The molecule has 1 saturated heterocycles. The van der Waals surface area contributed by atoms with E-state index in [0.717, 1.165) is 55.3 Å². The third kappa shape index (κ3) is 28.5. The number of hydrogen-bond donors (Lipinski definition) is 0. The number of aromatic nitrogens is 7. The van der Waals surface area contributed by atoms with Gasteiger partial charge < -0.3 is 14.4 Å². The second-order valence-corrected chi connectivity index (χ2v) is 32.5. The molecule has 12 nitrogen and oxygen atoms in total. The van der Waals surface area contributed by atoms with Crippen molar-refractivity contribution < 1.29 is 14.4 Å². The number of carbonyl (C=O) groups excluding carboxylic acids is 3. The van der Waals surface area contributed by atoms with Crippen molar-refractivity contribution in [2.75, 3.05) is 19.6 Å². The summed E-state index contributed by atoms with van der Waals surface area (Å²) >= 11 is 4.51. The number of allylic oxidation sites excluding steroid dienone is 2. The zero-order chi connectivity index (χ0) is 68.7. The number of likely N-dealkylation sites (tertiary alicyclic amines) is 1. The number of thiazole rings is 1. The quantitative estimate of drug-likeness (QED) is 0.120. The highest BCUT2D eigenvalue weighted by Gasteiger charge is 2.33. The van der Waals surface area contributed by atoms with Crippen LogP contribution in [-0.4, -0.2) is 85.6 Å². The molecule has 1 fully saturated rings. The summed E-state index contributed by atoms with van der Waals surface area (Å²) in [6.45, 7) is 57.3. The topological polar surface area (TPSA) is 132 Å². The first-order chi connectivity index (χ1) is 40.7. The third-order valence-corrected chi connectivity index (χ3v) is 17.3. The molecule has 0 bridgehead atoms. The van der Waals surface area contributed by atoms with Crippen molar-refractivity contribution in [2.24, 2.45) is 22.7 Å². The van der Waals surface area contributed by atoms with E-state index in [9.17, 15) is 14.4 Å². The van der Waals surface area contributed by atoms with Crippen molar-refractivity contribution in [1.29, 1.82) is 0 Å². The molecule has 0 spiro atoms. The lowest BCUT2D eigenvalue weighted by Crippen LogP contribution is -2.42. The number of imidazole rings is 1. The minimum atomic E-state index is -0.0272. The van der Waals surface area contributed by atoms with Crippen molar-refractivity contribution in [2.45, 2.75) is 218 Å². The highest BCUT2D eigenvalue weighted by Crippen LogP contribution is 2.35. The van der Waals surface area contributed by atoms with E-state index in [2.05, 4.69) is 205 Å². The molecule has 0 radical (unpaired) electrons. The Morgan fingerprint density at radius 1 is 0.663 bits per heavy atom. The van der Waals surface area contributed by atoms with Gasteiger partial charge in [0.05, 0.1) is 5.54 Å². The van der Waals surface area contributed by atoms with Crippen LogP contribution < -0.4 is 0 Å². The van der Waals surface area contributed by atoms with Gasteiger partial charge in [0.15, 0.2) is 16.6 Å². The maximum Gasteiger partial charge on any atom is 0.247 e. The minimum absolute atomic E-state index is 0.0229. The molecule has 2 atom stereocenters. The number of ketones is 1. The van der Waals surface area contributed by atoms with Gasteiger partial charge in [0, 0.05) is 88.7 Å². The standard InChI is InChI=1S/C11H19NO.C10H16O.2C9H12N2.3C9H11NS.C8H13NO/c1-5-10(13)12-7-6-9(8-12)11(2,3)4;1-10(2,3)8-5-4-6-9(11)7-8;1-5-8-10-6-7-11(8)9(2,3)4;1-5-8-6-7-11(10-8)9(2,3)4;1-5-8-10-6-7(11-8)9(2,3)4;1-5-8-7(6-11-10-8)9(2,3)4;1-5-7-6-8(11-10-7)9(2,3)4;1-8(2,3)9-6-4-5-7(9)10/h5,9H,1,6-8H2,2-4H3;4,6,8H,5,7H2,1-3H3;2*1,6-7H,2-4H3;3*1,6H,2-4H3;4-5H,6H2,1-3H3. The number of carbonyl (C=O) groups is 3. The molecule has 0 saturated carbocycles. The predicted molar refractivity (Wildman–Crippen MR) is 378 cm³/mol. The maximum absolute atomic E-state index is 11.3. The van der Waals surface area contributed by atoms with Crippen LogP contribution in [0.5, 0.6) is 0 Å². The van der Waals surface area contributed by atoms with Crippen molar-refractivity contribution in [1.82, 2.24) is 42.9 Å². The number of nitrogens with zero attached hydrogens (tertiary/aromatic N) is 9. The lowest BCUT2D eigenvalue weighted by Gasteiger charge is -2.31. The number of rotatable bonds is 1. The molecule has 7 heterocycles. The van der Waals surface area contributed by atoms with E-state index in [1.54, 1.807) is 29.7 Å². The Balaban J connectivity index is 0.000000509. The van der Waals surface area contributed by atoms with E-state index in [1.165, 1.54) is 44.5 Å². The molecule has 5 aromatic rings. The molecule has 15 heteroatoms. The third-order valence-electron chi connectivity index (χ3n) is 14.1. The molecule has 482 valence electrons. The van der Waals surface area contributed by atoms with Crippen LogP contribution in [-0.2, 0) is 41.7 Å². The Hall–Kier alpha value is -7.06. The van der Waals surface area contributed by atoms with Crippen LogP contribution in [0.1, 0.15) is 229 Å². The summed E-state index contributed by atoms with van der Waals surface area (Å²) in [7, 11) is 0. The van der Waals surface area contributed by atoms with Gasteiger partial charge in [0.2, 0.25) is 11.8 Å². The van der Waals surface area contributed by atoms with E-state index >= 15 is 0 Å². The predicted octanol–water partition coefficient (Wildman–Crippen LogP) is 16.3. The van der Waals surface area contributed by atoms with Gasteiger partial charge in [-0.25, -0.2) is 9.97 Å². The first-order valence-electron chi connectivity index (χ1n) is 30.1. The Morgan fingerprint density at radius 2 is 1.26 bits per heavy atom. The molecule has 8 rings (SSSR count). The van der Waals surface area contributed by atoms with Gasteiger partial charge in [-0.05, 0) is 191 Å². The monoisotopic (exact) mass is 1260 g/mol. The van der Waals surface area contributed by atoms with Gasteiger partial charge in [-0.3, -0.25) is 19.1 Å². The molecule has 0 aromatic carbocycles. The van der Waals surface area contributed by atoms with Gasteiger partial charge in [-0.15, -0.1) is 43.5 Å². The molecular weight excluding hydrogens is 1160 g/mol. The smallest absolute Gasteiger partial charge is 0.247 e. The van der Waals surface area contributed by atoms with Crippen LogP contribution in [0.15, 0.2) is 79.3 Å². The van der Waals surface area contributed by atoms with Gasteiger partial charge >= 0.3 is 0 Å². The second kappa shape index (κ2) is 34.2. The number of amides is 2. The van der Waals surface area contributed by atoms with Crippen LogP contribution in [0, 0.1) is 84.4 Å². The van der Waals surface area contributed by atoms with Gasteiger partial charge in [0.25, 0.3) is 0 Å². The molecule has 3 aliphatic rings. The zero-order valence-corrected chi connectivity index (χ0v) is 60.8. The summed E-state index contributed by atoms with van der Waals surface area (Å²) < 4.78 is 12.1. The molecule has 1 aliphatic carbocycles. The van der Waals surface area contributed by atoms with Gasteiger partial charge in [-0.2, -0.15) is 13.8 Å². The van der Waals surface area contributed by atoms with Crippen LogP contribution in [0.25, 0.3) is 0 Å². The van der Waals surface area contributed by atoms with Crippen LogP contribution in [0.4, 0.5) is 0 Å². The SMILES string of the molecule is C#Cc1cc(C(C)(C)C)sn1.C#Cc1ccn(C(C)(C)C)n1.C#Cc1ncc(C(C)(C)C)s1.C#Cc1nccn1C(C)(C)C.C#Cc1nscc1C(C)(C)C.C=CC(=O)N1CCC(C(C)(C)C)C1.CC(C)(C)C1CC=CC(=O)C1.CC(C)(C)N1CC=CC1=O. The molecule has 0 N–H and O–H groups in total. The molecule has 2 unspecified atom stereocenters. The summed E-state index contributed by atoms with van der Waals surface area (Å²) in [6.07, 6.45) is 45.1. The van der Waals surface area contributed by atoms with Crippen molar-refractivity contribution in [3.05, 3.63) is 122 Å². The first kappa shape index (κ1) is 80.0. The van der Waals surface area contributed by atoms with Crippen molar-refractivity contribution in [3.8, 4) is 61.7 Å². The molecule has 89 heavy (non-hydrogen) atoms. The average Bonchev–Trinajstić information content (AvgIpc) is 3.33. The fourth-order valence-electron chi connectivity index (χ4n) is 8.24. The first-order valence-corrected chi connectivity index (χ1v) is 32.5. The summed E-state index contributed by atoms with van der Waals surface area (Å²) in [4.78, 5) is 47.7. The lowest BCUT2D eigenvalue weighted by molar-refractivity contribution is -0.128. The average molecular weight is 1260 g/mol. The summed E-state index contributed by atoms with van der Waals surface area (Å²) in [5, 5.41) is 6.98. The van der Waals surface area contributed by atoms with Crippen molar-refractivity contribution >= 4 is 52.0 Å². The Kier molecular flexibility index (Phi) is 30.7. The fraction of sp³-hybridized carbons (Fsp3) is 0.541. The highest BCUT2D eigenvalue weighted by atomic mass is 32.1. The minimum Gasteiger partial charge on any atom is -0.339 e. The van der Waals surface area contributed by atoms with E-state index < -0.39 is 0 Å². The van der Waals surface area contributed by atoms with Gasteiger partial charge in [0.1, 0.15) is 17.1 Å². The van der Waals surface area contributed by atoms with E-state index in [-0.39, 0.29) is 55.9 Å². The molecule has 5 aromatic heterocycles. The second-order valence-electron chi connectivity index (χ2n) is 30.0. The Bertz CT molecular complexity index is 3130. The molecule has 2 amide bonds. The van der Waals surface area contributed by atoms with Crippen molar-refractivity contribution in [3.63, 3.8) is 0 Å². The van der Waals surface area contributed by atoms with Crippen LogP contribution >= 0.6 is 34.4 Å². The summed E-state index contributed by atoms with van der Waals surface area (Å²) in [6, 6.07) is 3.82.